The maximum atomic E-state index is 13.1. The van der Waals surface area contributed by atoms with Crippen LogP contribution in [-0.2, 0) is 4.57 Å². The summed E-state index contributed by atoms with van der Waals surface area (Å²) in [6, 6.07) is 1.40. The van der Waals surface area contributed by atoms with Crippen LogP contribution >= 0.6 is 17.9 Å². The lowest BCUT2D eigenvalue weighted by Crippen LogP contribution is -2.24. The van der Waals surface area contributed by atoms with Crippen LogP contribution in [0.5, 0.6) is 0 Å². The maximum absolute atomic E-state index is 13.1. The molecule has 0 aromatic carbocycles. The lowest BCUT2D eigenvalue weighted by Gasteiger charge is -2.32. The van der Waals surface area contributed by atoms with Gasteiger partial charge in [-0.2, -0.15) is 0 Å². The summed E-state index contributed by atoms with van der Waals surface area (Å²) in [6.07, 6.45) is 3.11. The van der Waals surface area contributed by atoms with Gasteiger partial charge in [0.2, 0.25) is 6.49 Å². The van der Waals surface area contributed by atoms with Crippen molar-refractivity contribution >= 4 is 24.1 Å². The Labute approximate surface area is 110 Å². The number of aromatic nitrogens is 2. The van der Waals surface area contributed by atoms with E-state index in [4.69, 9.17) is 0 Å². The van der Waals surface area contributed by atoms with Gasteiger partial charge in [-0.25, -0.2) is 9.65 Å². The van der Waals surface area contributed by atoms with Gasteiger partial charge in [0.25, 0.3) is 5.56 Å². The second-order valence-corrected chi connectivity index (χ2v) is 8.85. The third kappa shape index (κ3) is 2.09. The van der Waals surface area contributed by atoms with Gasteiger partial charge in [-0.1, -0.05) is 13.8 Å². The first-order valence-electron chi connectivity index (χ1n) is 5.84. The zero-order valence-corrected chi connectivity index (χ0v) is 12.4. The second-order valence-electron chi connectivity index (χ2n) is 3.96. The summed E-state index contributed by atoms with van der Waals surface area (Å²) in [6.45, 7) is 4.53. The molecule has 2 heterocycles. The molecule has 0 saturated heterocycles. The third-order valence-electron chi connectivity index (χ3n) is 2.92. The van der Waals surface area contributed by atoms with Gasteiger partial charge in [0, 0.05) is 36.9 Å². The predicted octanol–water partition coefficient (Wildman–Crippen LogP) is 2.70. The highest BCUT2D eigenvalue weighted by molar-refractivity contribution is 8.58. The minimum absolute atomic E-state index is 0.141. The van der Waals surface area contributed by atoms with Crippen LogP contribution in [0.3, 0.4) is 0 Å². The van der Waals surface area contributed by atoms with Gasteiger partial charge in [0.15, 0.2) is 5.16 Å². The van der Waals surface area contributed by atoms with Gasteiger partial charge in [0.1, 0.15) is 0 Å². The zero-order valence-electron chi connectivity index (χ0n) is 10.7. The van der Waals surface area contributed by atoms with Gasteiger partial charge >= 0.3 is 0 Å². The van der Waals surface area contributed by atoms with E-state index in [2.05, 4.69) is 4.98 Å². The first kappa shape index (κ1) is 13.6. The number of nitrogens with zero attached hydrogens (tertiary/aromatic N) is 3. The van der Waals surface area contributed by atoms with Crippen molar-refractivity contribution in [2.24, 2.45) is 0 Å². The Hall–Kier alpha value is -0.840. The SMILES string of the molecule is CCN(CC)P1(=O)Sc2nccc(=O)n2C=C1C. The highest BCUT2D eigenvalue weighted by Gasteiger charge is 2.36. The van der Waals surface area contributed by atoms with E-state index in [9.17, 15) is 9.36 Å². The molecule has 1 aromatic heterocycles. The second kappa shape index (κ2) is 5.03. The monoisotopic (exact) mass is 285 g/mol. The molecule has 1 atom stereocenters. The Morgan fingerprint density at radius 3 is 2.72 bits per heavy atom. The molecule has 18 heavy (non-hydrogen) atoms. The van der Waals surface area contributed by atoms with Gasteiger partial charge in [-0.05, 0) is 18.3 Å². The summed E-state index contributed by atoms with van der Waals surface area (Å²) in [5.41, 5.74) is -0.141. The highest BCUT2D eigenvalue weighted by Crippen LogP contribution is 2.70. The molecule has 0 bridgehead atoms. The molecule has 1 aliphatic rings. The molecule has 0 saturated carbocycles. The first-order valence-corrected chi connectivity index (χ1v) is 8.92. The lowest BCUT2D eigenvalue weighted by atomic mass is 10.6. The lowest BCUT2D eigenvalue weighted by molar-refractivity contribution is 0.460. The normalized spacial score (nSPS) is 22.8. The maximum Gasteiger partial charge on any atom is 0.258 e. The van der Waals surface area contributed by atoms with Crippen LogP contribution in [0.2, 0.25) is 0 Å². The summed E-state index contributed by atoms with van der Waals surface area (Å²) in [5, 5.41) is 1.24. The van der Waals surface area contributed by atoms with E-state index in [1.54, 1.807) is 6.20 Å². The van der Waals surface area contributed by atoms with Crippen LogP contribution in [0.1, 0.15) is 20.8 Å². The predicted molar refractivity (Wildman–Crippen MR) is 74.8 cm³/mol. The molecule has 0 radical (unpaired) electrons. The van der Waals surface area contributed by atoms with Crippen LogP contribution in [0, 0.1) is 0 Å². The summed E-state index contributed by atoms with van der Waals surface area (Å²) >= 11 is 1.20. The molecular formula is C11H16N3O2PS. The number of rotatable bonds is 3. The Morgan fingerprint density at radius 2 is 2.11 bits per heavy atom. The largest absolute Gasteiger partial charge is 0.289 e. The van der Waals surface area contributed by atoms with Crippen molar-refractivity contribution in [3.8, 4) is 0 Å². The van der Waals surface area contributed by atoms with Crippen molar-refractivity contribution in [1.29, 1.82) is 0 Å². The molecule has 0 aliphatic carbocycles. The van der Waals surface area contributed by atoms with Crippen LogP contribution in [0.4, 0.5) is 0 Å². The molecule has 0 N–H and O–H groups in total. The Morgan fingerprint density at radius 1 is 1.44 bits per heavy atom. The van der Waals surface area contributed by atoms with E-state index >= 15 is 0 Å². The summed E-state index contributed by atoms with van der Waals surface area (Å²) in [4.78, 5) is 15.8. The van der Waals surface area contributed by atoms with Crippen LogP contribution in [0.15, 0.2) is 27.5 Å². The number of allylic oxidation sites excluding steroid dienone is 1. The van der Waals surface area contributed by atoms with Crippen molar-refractivity contribution in [2.75, 3.05) is 13.1 Å². The molecule has 1 aromatic rings. The fourth-order valence-electron chi connectivity index (χ4n) is 1.91. The fourth-order valence-corrected chi connectivity index (χ4v) is 6.86. The average Bonchev–Trinajstić information content (AvgIpc) is 2.33. The van der Waals surface area contributed by atoms with Gasteiger partial charge in [-0.3, -0.25) is 13.9 Å². The minimum atomic E-state index is -2.68. The van der Waals surface area contributed by atoms with E-state index in [0.717, 1.165) is 5.31 Å². The number of hydrogen-bond donors (Lipinski definition) is 0. The standard InChI is InChI=1S/C11H16N3O2PS/c1-4-13(5-2)17(16)9(3)8-14-10(15)6-7-12-11(14)18-17/h6-8H,4-5H2,1-3H3. The molecule has 7 heteroatoms. The Balaban J connectivity index is 2.55. The molecule has 1 aliphatic heterocycles. The van der Waals surface area contributed by atoms with Crippen molar-refractivity contribution in [3.63, 3.8) is 0 Å². The minimum Gasteiger partial charge on any atom is -0.289 e. The van der Waals surface area contributed by atoms with E-state index in [1.165, 1.54) is 28.2 Å². The van der Waals surface area contributed by atoms with Crippen molar-refractivity contribution in [1.82, 2.24) is 14.2 Å². The van der Waals surface area contributed by atoms with Crippen LogP contribution < -0.4 is 5.56 Å². The number of fused-ring (bicyclic) bond motifs is 1. The summed E-state index contributed by atoms with van der Waals surface area (Å²) < 4.78 is 16.5. The smallest absolute Gasteiger partial charge is 0.258 e. The van der Waals surface area contributed by atoms with Gasteiger partial charge < -0.3 is 0 Å². The molecule has 0 spiro atoms. The molecule has 2 rings (SSSR count). The first-order chi connectivity index (χ1) is 8.52. The zero-order chi connectivity index (χ0) is 13.3. The quantitative estimate of drug-likeness (QED) is 0.631. The fraction of sp³-hybridized carbons (Fsp3) is 0.455. The molecule has 0 amide bonds. The summed E-state index contributed by atoms with van der Waals surface area (Å²) in [7, 11) is 0. The van der Waals surface area contributed by atoms with Crippen LogP contribution in [0.25, 0.3) is 6.20 Å². The van der Waals surface area contributed by atoms with Gasteiger partial charge in [0.05, 0.1) is 0 Å². The van der Waals surface area contributed by atoms with E-state index < -0.39 is 6.49 Å². The van der Waals surface area contributed by atoms with E-state index in [1.807, 2.05) is 25.4 Å². The Bertz CT molecular complexity index is 592. The third-order valence-corrected chi connectivity index (χ3v) is 8.73. The molecule has 1 unspecified atom stereocenters. The molecule has 5 nitrogen and oxygen atoms in total. The molecule has 0 fully saturated rings. The molecule has 98 valence electrons. The Kier molecular flexibility index (Phi) is 3.80. The average molecular weight is 285 g/mol. The van der Waals surface area contributed by atoms with Crippen LogP contribution in [-0.4, -0.2) is 27.3 Å². The molecular weight excluding hydrogens is 269 g/mol. The van der Waals surface area contributed by atoms with Crippen molar-refractivity contribution < 1.29 is 4.57 Å². The van der Waals surface area contributed by atoms with E-state index in [-0.39, 0.29) is 5.56 Å². The summed E-state index contributed by atoms with van der Waals surface area (Å²) in [5.74, 6) is 0. The van der Waals surface area contributed by atoms with E-state index in [0.29, 0.717) is 18.2 Å². The van der Waals surface area contributed by atoms with Crippen molar-refractivity contribution in [2.45, 2.75) is 25.9 Å². The van der Waals surface area contributed by atoms with Crippen molar-refractivity contribution in [3.05, 3.63) is 27.9 Å². The van der Waals surface area contributed by atoms with Gasteiger partial charge in [-0.15, -0.1) is 0 Å². The topological polar surface area (TPSA) is 55.2 Å². The number of hydrogen-bond acceptors (Lipinski definition) is 4. The highest BCUT2D eigenvalue weighted by atomic mass is 32.7.